The van der Waals surface area contributed by atoms with Crippen molar-refractivity contribution in [2.24, 2.45) is 0 Å². The van der Waals surface area contributed by atoms with Gasteiger partial charge in [-0.15, -0.1) is 11.6 Å². The summed E-state index contributed by atoms with van der Waals surface area (Å²) in [5.74, 6) is 1.51. The average Bonchev–Trinajstić information content (AvgIpc) is 2.30. The molecule has 3 nitrogen and oxygen atoms in total. The van der Waals surface area contributed by atoms with E-state index in [2.05, 4.69) is 25.8 Å². The number of anilines is 1. The second-order valence-corrected chi connectivity index (χ2v) is 4.55. The van der Waals surface area contributed by atoms with Crippen LogP contribution in [-0.2, 0) is 4.74 Å². The molecule has 0 amide bonds. The second-order valence-electron chi connectivity index (χ2n) is 3.39. The molecule has 0 bridgehead atoms. The Morgan fingerprint density at radius 3 is 3.27 bits per heavy atom. The Morgan fingerprint density at radius 1 is 1.67 bits per heavy atom. The van der Waals surface area contributed by atoms with Crippen molar-refractivity contribution in [2.45, 2.75) is 6.04 Å². The molecule has 1 aromatic rings. The molecule has 0 aromatic carbocycles. The smallest absolute Gasteiger partial charge is 0.143 e. The normalized spacial score (nSPS) is 21.7. The Morgan fingerprint density at radius 2 is 2.53 bits per heavy atom. The van der Waals surface area contributed by atoms with E-state index in [-0.39, 0.29) is 6.04 Å². The van der Waals surface area contributed by atoms with E-state index in [1.54, 1.807) is 6.20 Å². The molecule has 1 saturated heterocycles. The molecule has 82 valence electrons. The summed E-state index contributed by atoms with van der Waals surface area (Å²) in [5, 5.41) is 0. The van der Waals surface area contributed by atoms with Gasteiger partial charge in [0, 0.05) is 18.6 Å². The molecule has 0 aliphatic carbocycles. The van der Waals surface area contributed by atoms with E-state index in [1.165, 1.54) is 0 Å². The Hall–Kier alpha value is -0.320. The van der Waals surface area contributed by atoms with E-state index in [9.17, 15) is 0 Å². The van der Waals surface area contributed by atoms with Crippen LogP contribution in [0.15, 0.2) is 22.8 Å². The van der Waals surface area contributed by atoms with E-state index < -0.39 is 0 Å². The van der Waals surface area contributed by atoms with Gasteiger partial charge in [-0.05, 0) is 28.1 Å². The van der Waals surface area contributed by atoms with E-state index >= 15 is 0 Å². The van der Waals surface area contributed by atoms with Crippen LogP contribution in [-0.4, -0.2) is 36.7 Å². The first-order chi connectivity index (χ1) is 7.33. The van der Waals surface area contributed by atoms with Gasteiger partial charge in [0.25, 0.3) is 0 Å². The summed E-state index contributed by atoms with van der Waals surface area (Å²) in [7, 11) is 0. The van der Waals surface area contributed by atoms with E-state index in [4.69, 9.17) is 16.3 Å². The summed E-state index contributed by atoms with van der Waals surface area (Å²) >= 11 is 9.41. The van der Waals surface area contributed by atoms with Gasteiger partial charge in [0.1, 0.15) is 5.82 Å². The first-order valence-electron chi connectivity index (χ1n) is 4.84. The molecule has 1 aromatic heterocycles. The third-order valence-electron chi connectivity index (χ3n) is 2.42. The summed E-state index contributed by atoms with van der Waals surface area (Å²) in [6, 6.07) is 4.11. The third-order valence-corrected chi connectivity index (χ3v) is 3.39. The molecule has 1 unspecified atom stereocenters. The Kier molecular flexibility index (Phi) is 3.83. The van der Waals surface area contributed by atoms with Crippen LogP contribution in [0.5, 0.6) is 0 Å². The van der Waals surface area contributed by atoms with Crippen molar-refractivity contribution in [3.63, 3.8) is 0 Å². The Labute approximate surface area is 103 Å². The van der Waals surface area contributed by atoms with Gasteiger partial charge in [-0.2, -0.15) is 0 Å². The lowest BCUT2D eigenvalue weighted by Crippen LogP contribution is -2.47. The van der Waals surface area contributed by atoms with Gasteiger partial charge < -0.3 is 9.64 Å². The molecule has 0 N–H and O–H groups in total. The van der Waals surface area contributed by atoms with E-state index in [0.717, 1.165) is 23.4 Å². The highest BCUT2D eigenvalue weighted by Crippen LogP contribution is 2.26. The number of aromatic nitrogens is 1. The number of hydrogen-bond acceptors (Lipinski definition) is 3. The van der Waals surface area contributed by atoms with Gasteiger partial charge in [0.05, 0.1) is 23.7 Å². The topological polar surface area (TPSA) is 25.4 Å². The first-order valence-corrected chi connectivity index (χ1v) is 6.16. The van der Waals surface area contributed by atoms with Crippen molar-refractivity contribution in [2.75, 3.05) is 30.5 Å². The lowest BCUT2D eigenvalue weighted by atomic mass is 10.2. The number of alkyl halides is 1. The SMILES string of the molecule is ClCC1COCCN1c1ncccc1Br. The Bertz CT molecular complexity index is 337. The number of ether oxygens (including phenoxy) is 1. The van der Waals surface area contributed by atoms with Crippen molar-refractivity contribution in [3.05, 3.63) is 22.8 Å². The zero-order valence-corrected chi connectivity index (χ0v) is 10.5. The van der Waals surface area contributed by atoms with Crippen LogP contribution < -0.4 is 4.90 Å². The average molecular weight is 292 g/mol. The predicted octanol–water partition coefficient (Wildman–Crippen LogP) is 2.29. The van der Waals surface area contributed by atoms with Gasteiger partial charge in [0.2, 0.25) is 0 Å². The van der Waals surface area contributed by atoms with Crippen LogP contribution in [0.2, 0.25) is 0 Å². The zero-order chi connectivity index (χ0) is 10.7. The highest BCUT2D eigenvalue weighted by molar-refractivity contribution is 9.10. The van der Waals surface area contributed by atoms with Gasteiger partial charge in [-0.1, -0.05) is 0 Å². The molecule has 2 rings (SSSR count). The van der Waals surface area contributed by atoms with Crippen molar-refractivity contribution in [1.29, 1.82) is 0 Å². The minimum absolute atomic E-state index is 0.214. The second kappa shape index (κ2) is 5.14. The summed E-state index contributed by atoms with van der Waals surface area (Å²) in [5.41, 5.74) is 0. The first kappa shape index (κ1) is 11.2. The summed E-state index contributed by atoms with van der Waals surface area (Å²) in [6.07, 6.45) is 1.79. The third kappa shape index (κ3) is 2.44. The molecule has 0 spiro atoms. The van der Waals surface area contributed by atoms with Crippen LogP contribution in [0.3, 0.4) is 0 Å². The lowest BCUT2D eigenvalue weighted by molar-refractivity contribution is 0.0993. The van der Waals surface area contributed by atoms with Crippen molar-refractivity contribution in [1.82, 2.24) is 4.98 Å². The van der Waals surface area contributed by atoms with Gasteiger partial charge >= 0.3 is 0 Å². The monoisotopic (exact) mass is 290 g/mol. The van der Waals surface area contributed by atoms with Crippen LogP contribution in [0.4, 0.5) is 5.82 Å². The standard InChI is InChI=1S/C10H12BrClN2O/c11-9-2-1-3-13-10(9)14-4-5-15-7-8(14)6-12/h1-3,8H,4-7H2. The molecule has 0 saturated carbocycles. The maximum Gasteiger partial charge on any atom is 0.143 e. The quantitative estimate of drug-likeness (QED) is 0.782. The van der Waals surface area contributed by atoms with Gasteiger partial charge in [0.15, 0.2) is 0 Å². The van der Waals surface area contributed by atoms with Crippen LogP contribution in [0.25, 0.3) is 0 Å². The minimum Gasteiger partial charge on any atom is -0.377 e. The number of pyridine rings is 1. The van der Waals surface area contributed by atoms with Crippen molar-refractivity contribution >= 4 is 33.3 Å². The lowest BCUT2D eigenvalue weighted by Gasteiger charge is -2.35. The predicted molar refractivity (Wildman–Crippen MR) is 64.6 cm³/mol. The summed E-state index contributed by atoms with van der Waals surface area (Å²) < 4.78 is 6.40. The molecule has 1 atom stereocenters. The number of morpholine rings is 1. The van der Waals surface area contributed by atoms with E-state index in [0.29, 0.717) is 12.5 Å². The molecule has 15 heavy (non-hydrogen) atoms. The summed E-state index contributed by atoms with van der Waals surface area (Å²) in [4.78, 5) is 6.56. The van der Waals surface area contributed by atoms with Gasteiger partial charge in [-0.25, -0.2) is 4.98 Å². The zero-order valence-electron chi connectivity index (χ0n) is 8.20. The van der Waals surface area contributed by atoms with Crippen molar-refractivity contribution < 1.29 is 4.74 Å². The van der Waals surface area contributed by atoms with E-state index in [1.807, 2.05) is 12.1 Å². The molecule has 2 heterocycles. The van der Waals surface area contributed by atoms with Gasteiger partial charge in [-0.3, -0.25) is 0 Å². The number of nitrogens with zero attached hydrogens (tertiary/aromatic N) is 2. The number of rotatable bonds is 2. The minimum atomic E-state index is 0.214. The summed E-state index contributed by atoms with van der Waals surface area (Å²) in [6.45, 7) is 2.25. The van der Waals surface area contributed by atoms with Crippen molar-refractivity contribution in [3.8, 4) is 0 Å². The molecule has 5 heteroatoms. The number of halogens is 2. The molecule has 1 fully saturated rings. The fourth-order valence-electron chi connectivity index (χ4n) is 1.65. The molecular formula is C10H12BrClN2O. The molecule has 1 aliphatic rings. The highest BCUT2D eigenvalue weighted by atomic mass is 79.9. The fourth-order valence-corrected chi connectivity index (χ4v) is 2.39. The fraction of sp³-hybridized carbons (Fsp3) is 0.500. The largest absolute Gasteiger partial charge is 0.377 e. The van der Waals surface area contributed by atoms with Crippen LogP contribution >= 0.6 is 27.5 Å². The van der Waals surface area contributed by atoms with Crippen LogP contribution in [0.1, 0.15) is 0 Å². The van der Waals surface area contributed by atoms with Crippen LogP contribution in [0, 0.1) is 0 Å². The Balaban J connectivity index is 2.24. The maximum absolute atomic E-state index is 5.91. The number of hydrogen-bond donors (Lipinski definition) is 0. The highest BCUT2D eigenvalue weighted by Gasteiger charge is 2.24. The molecule has 0 radical (unpaired) electrons. The molecule has 1 aliphatic heterocycles. The maximum atomic E-state index is 5.91. The molecular weight excluding hydrogens is 279 g/mol.